The van der Waals surface area contributed by atoms with Crippen molar-refractivity contribution in [3.63, 3.8) is 0 Å². The van der Waals surface area contributed by atoms with Gasteiger partial charge < -0.3 is 9.47 Å². The van der Waals surface area contributed by atoms with Crippen LogP contribution in [-0.2, 0) is 9.53 Å². The molecule has 0 amide bonds. The van der Waals surface area contributed by atoms with E-state index in [-0.39, 0.29) is 17.8 Å². The molecule has 1 saturated heterocycles. The second-order valence-electron chi connectivity index (χ2n) is 9.71. The number of likely N-dealkylation sites (tertiary alicyclic amines) is 1. The zero-order valence-corrected chi connectivity index (χ0v) is 19.0. The summed E-state index contributed by atoms with van der Waals surface area (Å²) in [5.74, 6) is 2.21. The number of carbonyl (C=O) groups is 1. The topological polar surface area (TPSA) is 35.5 Å². The molecule has 30 heavy (non-hydrogen) atoms. The zero-order chi connectivity index (χ0) is 21.5. The van der Waals surface area contributed by atoms with Crippen LogP contribution in [0.5, 0.6) is 11.5 Å². The Labute approximate surface area is 184 Å². The molecule has 2 aromatic carbocycles. The smallest absolute Gasteiger partial charge is 0.315 e. The van der Waals surface area contributed by atoms with Gasteiger partial charge in [-0.3, -0.25) is 9.28 Å². The van der Waals surface area contributed by atoms with Crippen molar-refractivity contribution in [2.75, 3.05) is 26.9 Å². The summed E-state index contributed by atoms with van der Waals surface area (Å²) in [4.78, 5) is 12.7. The summed E-state index contributed by atoms with van der Waals surface area (Å²) in [7, 11) is 2.18. The maximum atomic E-state index is 12.7. The van der Waals surface area contributed by atoms with E-state index in [4.69, 9.17) is 21.1 Å². The lowest BCUT2D eigenvalue weighted by atomic mass is 9.84. The van der Waals surface area contributed by atoms with Crippen molar-refractivity contribution in [1.29, 1.82) is 0 Å². The second kappa shape index (κ2) is 7.90. The minimum Gasteiger partial charge on any atom is -0.457 e. The van der Waals surface area contributed by atoms with Crippen LogP contribution in [0.4, 0.5) is 0 Å². The van der Waals surface area contributed by atoms with Gasteiger partial charge in [0.2, 0.25) is 6.73 Å². The van der Waals surface area contributed by atoms with E-state index in [0.717, 1.165) is 48.0 Å². The van der Waals surface area contributed by atoms with Gasteiger partial charge in [0.1, 0.15) is 11.5 Å². The minimum absolute atomic E-state index is 0.108. The lowest BCUT2D eigenvalue weighted by Gasteiger charge is -2.31. The van der Waals surface area contributed by atoms with Gasteiger partial charge in [0.15, 0.2) is 0 Å². The molecule has 0 aromatic heterocycles. The lowest BCUT2D eigenvalue weighted by Crippen LogP contribution is -2.45. The summed E-state index contributed by atoms with van der Waals surface area (Å²) < 4.78 is 12.8. The number of carbonyl (C=O) groups excluding carboxylic acids is 1. The average molecular weight is 429 g/mol. The first-order chi connectivity index (χ1) is 14.2. The van der Waals surface area contributed by atoms with Crippen LogP contribution in [0.3, 0.4) is 0 Å². The van der Waals surface area contributed by atoms with Crippen LogP contribution in [0.2, 0.25) is 5.02 Å². The number of hydrogen-bond donors (Lipinski definition) is 0. The SMILES string of the molecule is CCCC(C)(C)C(=O)OC[N+]1(C)CC2c3ccccc3Oc3ccc(Cl)cc3C2C1. The summed E-state index contributed by atoms with van der Waals surface area (Å²) in [6.07, 6.45) is 1.80. The highest BCUT2D eigenvalue weighted by Crippen LogP contribution is 2.51. The summed E-state index contributed by atoms with van der Waals surface area (Å²) in [6, 6.07) is 14.1. The van der Waals surface area contributed by atoms with Crippen LogP contribution >= 0.6 is 11.6 Å². The van der Waals surface area contributed by atoms with Crippen molar-refractivity contribution in [3.05, 3.63) is 58.6 Å². The van der Waals surface area contributed by atoms with E-state index in [0.29, 0.717) is 11.2 Å². The van der Waals surface area contributed by atoms with Gasteiger partial charge in [0.25, 0.3) is 0 Å². The fourth-order valence-corrected chi connectivity index (χ4v) is 5.23. The molecular weight excluding hydrogens is 398 g/mol. The van der Waals surface area contributed by atoms with Gasteiger partial charge in [0.05, 0.1) is 25.6 Å². The number of quaternary nitrogens is 1. The van der Waals surface area contributed by atoms with Crippen LogP contribution < -0.4 is 4.74 Å². The Kier molecular flexibility index (Phi) is 5.58. The molecule has 0 aliphatic carbocycles. The Bertz CT molecular complexity index is 957. The Morgan fingerprint density at radius 3 is 2.53 bits per heavy atom. The number of likely N-dealkylation sites (N-methyl/N-ethyl adjacent to an activating group) is 1. The van der Waals surface area contributed by atoms with E-state index < -0.39 is 5.41 Å². The lowest BCUT2D eigenvalue weighted by molar-refractivity contribution is -0.915. The molecule has 2 aromatic rings. The largest absolute Gasteiger partial charge is 0.457 e. The maximum Gasteiger partial charge on any atom is 0.315 e. The number of fused-ring (bicyclic) bond motifs is 5. The molecule has 4 nitrogen and oxygen atoms in total. The average Bonchev–Trinajstić information content (AvgIpc) is 3.00. The van der Waals surface area contributed by atoms with Gasteiger partial charge in [-0.15, -0.1) is 0 Å². The fourth-order valence-electron chi connectivity index (χ4n) is 5.05. The number of halogens is 1. The monoisotopic (exact) mass is 428 g/mol. The van der Waals surface area contributed by atoms with E-state index in [1.54, 1.807) is 0 Å². The Morgan fingerprint density at radius 2 is 1.80 bits per heavy atom. The standard InChI is InChI=1S/C25H31ClNO3/c1-5-12-25(2,3)24(28)29-16-27(4)14-20-18-8-6-7-9-22(18)30-23-11-10-17(26)13-19(23)21(20)15-27/h6-11,13,20-21H,5,12,14-16H2,1-4H3/q+1. The number of para-hydroxylation sites is 1. The molecule has 0 spiro atoms. The van der Waals surface area contributed by atoms with Crippen molar-refractivity contribution < 1.29 is 18.8 Å². The van der Waals surface area contributed by atoms with E-state index in [1.807, 2.05) is 44.2 Å². The molecule has 2 heterocycles. The van der Waals surface area contributed by atoms with Crippen LogP contribution in [0, 0.1) is 5.41 Å². The van der Waals surface area contributed by atoms with Gasteiger partial charge >= 0.3 is 5.97 Å². The van der Waals surface area contributed by atoms with E-state index in [9.17, 15) is 4.79 Å². The summed E-state index contributed by atoms with van der Waals surface area (Å²) >= 11 is 6.36. The van der Waals surface area contributed by atoms with Crippen LogP contribution in [0.25, 0.3) is 0 Å². The van der Waals surface area contributed by atoms with Crippen molar-refractivity contribution in [2.24, 2.45) is 5.41 Å². The molecule has 5 heteroatoms. The third kappa shape index (κ3) is 3.95. The van der Waals surface area contributed by atoms with E-state index in [1.165, 1.54) is 5.56 Å². The van der Waals surface area contributed by atoms with Gasteiger partial charge in [-0.2, -0.15) is 0 Å². The number of nitrogens with zero attached hydrogens (tertiary/aromatic N) is 1. The summed E-state index contributed by atoms with van der Waals surface area (Å²) in [5, 5.41) is 0.718. The summed E-state index contributed by atoms with van der Waals surface area (Å²) in [6.45, 7) is 8.18. The summed E-state index contributed by atoms with van der Waals surface area (Å²) in [5.41, 5.74) is 1.91. The first kappa shape index (κ1) is 21.2. The minimum atomic E-state index is -0.446. The molecular formula is C25H31ClNO3+. The van der Waals surface area contributed by atoms with Crippen molar-refractivity contribution in [1.82, 2.24) is 0 Å². The molecule has 1 fully saturated rings. The number of esters is 1. The number of hydrogen-bond acceptors (Lipinski definition) is 3. The third-order valence-electron chi connectivity index (χ3n) is 6.61. The Morgan fingerprint density at radius 1 is 1.13 bits per heavy atom. The number of benzene rings is 2. The molecule has 0 saturated carbocycles. The zero-order valence-electron chi connectivity index (χ0n) is 18.3. The predicted molar refractivity (Wildman–Crippen MR) is 119 cm³/mol. The molecule has 0 radical (unpaired) electrons. The highest BCUT2D eigenvalue weighted by molar-refractivity contribution is 6.30. The molecule has 3 atom stereocenters. The molecule has 2 aliphatic rings. The van der Waals surface area contributed by atoms with Crippen molar-refractivity contribution in [3.8, 4) is 11.5 Å². The first-order valence-corrected chi connectivity index (χ1v) is 11.2. The maximum absolute atomic E-state index is 12.7. The molecule has 4 rings (SSSR count). The van der Waals surface area contributed by atoms with Gasteiger partial charge in [-0.1, -0.05) is 43.1 Å². The normalized spacial score (nSPS) is 24.8. The van der Waals surface area contributed by atoms with Crippen molar-refractivity contribution >= 4 is 17.6 Å². The van der Waals surface area contributed by atoms with Gasteiger partial charge in [-0.05, 0) is 44.5 Å². The third-order valence-corrected chi connectivity index (χ3v) is 6.84. The van der Waals surface area contributed by atoms with E-state index >= 15 is 0 Å². The van der Waals surface area contributed by atoms with Crippen LogP contribution in [-0.4, -0.2) is 37.3 Å². The van der Waals surface area contributed by atoms with Crippen LogP contribution in [0.15, 0.2) is 42.5 Å². The molecule has 3 unspecified atom stereocenters. The number of ether oxygens (including phenoxy) is 2. The highest BCUT2D eigenvalue weighted by Gasteiger charge is 2.48. The molecule has 160 valence electrons. The molecule has 0 N–H and O–H groups in total. The Hall–Kier alpha value is -2.04. The second-order valence-corrected chi connectivity index (χ2v) is 10.2. The first-order valence-electron chi connectivity index (χ1n) is 10.8. The van der Waals surface area contributed by atoms with Gasteiger partial charge in [0, 0.05) is 28.0 Å². The highest BCUT2D eigenvalue weighted by atomic mass is 35.5. The molecule has 2 aliphatic heterocycles. The number of rotatable bonds is 5. The van der Waals surface area contributed by atoms with Crippen molar-refractivity contribution in [2.45, 2.75) is 45.4 Å². The van der Waals surface area contributed by atoms with Crippen LogP contribution in [0.1, 0.15) is 56.6 Å². The quantitative estimate of drug-likeness (QED) is 0.426. The fraction of sp³-hybridized carbons (Fsp3) is 0.480. The van der Waals surface area contributed by atoms with Gasteiger partial charge in [-0.25, -0.2) is 0 Å². The Balaban J connectivity index is 1.62. The predicted octanol–water partition coefficient (Wildman–Crippen LogP) is 6.10. The van der Waals surface area contributed by atoms with E-state index in [2.05, 4.69) is 26.1 Å². The molecule has 0 bridgehead atoms.